The summed E-state index contributed by atoms with van der Waals surface area (Å²) in [6, 6.07) is 7.59. The summed E-state index contributed by atoms with van der Waals surface area (Å²) in [7, 11) is 0. The van der Waals surface area contributed by atoms with E-state index in [-0.39, 0.29) is 11.8 Å². The molecule has 0 aliphatic carbocycles. The summed E-state index contributed by atoms with van der Waals surface area (Å²) in [4.78, 5) is 25.0. The van der Waals surface area contributed by atoms with Gasteiger partial charge in [0.25, 0.3) is 11.8 Å². The number of carbonyl (C=O) groups excluding carboxylic acids is 2. The second kappa shape index (κ2) is 4.45. The molecule has 1 aromatic rings. The molecule has 0 saturated carbocycles. The van der Waals surface area contributed by atoms with Crippen molar-refractivity contribution < 1.29 is 9.59 Å². The third-order valence-corrected chi connectivity index (χ3v) is 3.48. The number of hydrogen-bond acceptors (Lipinski definition) is 2. The molecule has 0 unspecified atom stereocenters. The van der Waals surface area contributed by atoms with E-state index in [0.717, 1.165) is 10.0 Å². The predicted molar refractivity (Wildman–Crippen MR) is 68.1 cm³/mol. The van der Waals surface area contributed by atoms with Crippen molar-refractivity contribution in [1.82, 2.24) is 4.90 Å². The van der Waals surface area contributed by atoms with Crippen LogP contribution in [0.4, 0.5) is 0 Å². The molecular formula is C13H12BrNO2. The van der Waals surface area contributed by atoms with Crippen LogP contribution in [0.15, 0.2) is 39.9 Å². The molecule has 0 radical (unpaired) electrons. The molecule has 4 heteroatoms. The number of amides is 2. The Bertz CT molecular complexity index is 493. The lowest BCUT2D eigenvalue weighted by molar-refractivity contribution is -0.138. The van der Waals surface area contributed by atoms with E-state index in [1.807, 2.05) is 24.3 Å². The van der Waals surface area contributed by atoms with E-state index >= 15 is 0 Å². The van der Waals surface area contributed by atoms with E-state index in [2.05, 4.69) is 15.9 Å². The molecule has 0 fully saturated rings. The summed E-state index contributed by atoms with van der Waals surface area (Å²) in [6.07, 6.45) is 0. The standard InChI is InChI=1S/C13H12BrNO2/c1-8-9(2)13(17)15(12(8)16)7-10-3-5-11(14)6-4-10/h3-6H,7H2,1-2H3. The molecule has 0 atom stereocenters. The first-order chi connectivity index (χ1) is 8.00. The number of imide groups is 1. The lowest BCUT2D eigenvalue weighted by Crippen LogP contribution is -2.30. The maximum absolute atomic E-state index is 11.8. The highest BCUT2D eigenvalue weighted by Crippen LogP contribution is 2.22. The van der Waals surface area contributed by atoms with Gasteiger partial charge in [-0.3, -0.25) is 14.5 Å². The van der Waals surface area contributed by atoms with E-state index < -0.39 is 0 Å². The van der Waals surface area contributed by atoms with Crippen molar-refractivity contribution in [3.8, 4) is 0 Å². The maximum Gasteiger partial charge on any atom is 0.257 e. The van der Waals surface area contributed by atoms with Crippen LogP contribution in [0.3, 0.4) is 0 Å². The smallest absolute Gasteiger partial charge is 0.257 e. The first kappa shape index (κ1) is 12.0. The van der Waals surface area contributed by atoms with E-state index in [9.17, 15) is 9.59 Å². The van der Waals surface area contributed by atoms with Gasteiger partial charge in [0.05, 0.1) is 6.54 Å². The van der Waals surface area contributed by atoms with Crippen LogP contribution in [0.1, 0.15) is 19.4 Å². The fourth-order valence-electron chi connectivity index (χ4n) is 1.73. The number of rotatable bonds is 2. The number of benzene rings is 1. The Morgan fingerprint density at radius 3 is 1.94 bits per heavy atom. The van der Waals surface area contributed by atoms with Crippen LogP contribution in [0, 0.1) is 0 Å². The summed E-state index contributed by atoms with van der Waals surface area (Å²) in [5, 5.41) is 0. The minimum Gasteiger partial charge on any atom is -0.270 e. The molecule has 0 bridgehead atoms. The monoisotopic (exact) mass is 293 g/mol. The van der Waals surface area contributed by atoms with E-state index in [1.165, 1.54) is 4.90 Å². The Morgan fingerprint density at radius 2 is 1.47 bits per heavy atom. The van der Waals surface area contributed by atoms with Crippen LogP contribution in [0.25, 0.3) is 0 Å². The van der Waals surface area contributed by atoms with Gasteiger partial charge in [-0.05, 0) is 31.5 Å². The second-order valence-electron chi connectivity index (χ2n) is 4.07. The Labute approximate surface area is 108 Å². The minimum atomic E-state index is -0.185. The first-order valence-corrected chi connectivity index (χ1v) is 6.08. The molecular weight excluding hydrogens is 282 g/mol. The topological polar surface area (TPSA) is 37.4 Å². The number of nitrogens with zero attached hydrogens (tertiary/aromatic N) is 1. The third-order valence-electron chi connectivity index (χ3n) is 2.95. The zero-order valence-electron chi connectivity index (χ0n) is 9.66. The van der Waals surface area contributed by atoms with Crippen molar-refractivity contribution in [3.63, 3.8) is 0 Å². The van der Waals surface area contributed by atoms with Gasteiger partial charge in [0, 0.05) is 15.6 Å². The summed E-state index contributed by atoms with van der Waals surface area (Å²) in [5.41, 5.74) is 2.04. The van der Waals surface area contributed by atoms with Crippen LogP contribution in [-0.4, -0.2) is 16.7 Å². The fraction of sp³-hybridized carbons (Fsp3) is 0.231. The van der Waals surface area contributed by atoms with Crippen LogP contribution >= 0.6 is 15.9 Å². The van der Waals surface area contributed by atoms with Crippen LogP contribution in [0.5, 0.6) is 0 Å². The Hall–Kier alpha value is -1.42. The van der Waals surface area contributed by atoms with Gasteiger partial charge >= 0.3 is 0 Å². The molecule has 2 rings (SSSR count). The average molecular weight is 294 g/mol. The average Bonchev–Trinajstić information content (AvgIpc) is 2.50. The van der Waals surface area contributed by atoms with Crippen molar-refractivity contribution >= 4 is 27.7 Å². The van der Waals surface area contributed by atoms with Gasteiger partial charge in [-0.25, -0.2) is 0 Å². The van der Waals surface area contributed by atoms with Gasteiger partial charge in [-0.2, -0.15) is 0 Å². The minimum absolute atomic E-state index is 0.185. The Balaban J connectivity index is 2.19. The number of halogens is 1. The number of hydrogen-bond donors (Lipinski definition) is 0. The number of carbonyl (C=O) groups is 2. The van der Waals surface area contributed by atoms with Crippen molar-refractivity contribution in [1.29, 1.82) is 0 Å². The van der Waals surface area contributed by atoms with Crippen LogP contribution in [-0.2, 0) is 16.1 Å². The van der Waals surface area contributed by atoms with Gasteiger partial charge in [-0.1, -0.05) is 28.1 Å². The third kappa shape index (κ3) is 2.17. The summed E-state index contributed by atoms with van der Waals surface area (Å²) >= 11 is 3.35. The molecule has 0 N–H and O–H groups in total. The Morgan fingerprint density at radius 1 is 1.00 bits per heavy atom. The largest absolute Gasteiger partial charge is 0.270 e. The van der Waals surface area contributed by atoms with Gasteiger partial charge in [0.15, 0.2) is 0 Å². The van der Waals surface area contributed by atoms with E-state index in [1.54, 1.807) is 13.8 Å². The summed E-state index contributed by atoms with van der Waals surface area (Å²) in [6.45, 7) is 3.72. The molecule has 1 aliphatic heterocycles. The molecule has 1 heterocycles. The fourth-order valence-corrected chi connectivity index (χ4v) is 2.00. The summed E-state index contributed by atoms with van der Waals surface area (Å²) in [5.74, 6) is -0.370. The van der Waals surface area contributed by atoms with E-state index in [0.29, 0.717) is 17.7 Å². The lowest BCUT2D eigenvalue weighted by Gasteiger charge is -2.14. The van der Waals surface area contributed by atoms with Crippen molar-refractivity contribution in [2.24, 2.45) is 0 Å². The molecule has 17 heavy (non-hydrogen) atoms. The zero-order valence-corrected chi connectivity index (χ0v) is 11.2. The highest BCUT2D eigenvalue weighted by Gasteiger charge is 2.32. The molecule has 3 nitrogen and oxygen atoms in total. The zero-order chi connectivity index (χ0) is 12.6. The quantitative estimate of drug-likeness (QED) is 0.786. The van der Waals surface area contributed by atoms with Crippen molar-refractivity contribution in [3.05, 3.63) is 45.4 Å². The molecule has 1 aromatic carbocycles. The van der Waals surface area contributed by atoms with Gasteiger partial charge < -0.3 is 0 Å². The normalized spacial score (nSPS) is 16.1. The van der Waals surface area contributed by atoms with Crippen molar-refractivity contribution in [2.45, 2.75) is 20.4 Å². The molecule has 88 valence electrons. The maximum atomic E-state index is 11.8. The second-order valence-corrected chi connectivity index (χ2v) is 4.99. The SMILES string of the molecule is CC1=C(C)C(=O)N(Cc2ccc(Br)cc2)C1=O. The van der Waals surface area contributed by atoms with Gasteiger partial charge in [0.1, 0.15) is 0 Å². The molecule has 1 aliphatic rings. The van der Waals surface area contributed by atoms with Gasteiger partial charge in [0.2, 0.25) is 0 Å². The van der Waals surface area contributed by atoms with Gasteiger partial charge in [-0.15, -0.1) is 0 Å². The highest BCUT2D eigenvalue weighted by atomic mass is 79.9. The lowest BCUT2D eigenvalue weighted by atomic mass is 10.2. The van der Waals surface area contributed by atoms with Crippen molar-refractivity contribution in [2.75, 3.05) is 0 Å². The predicted octanol–water partition coefficient (Wildman–Crippen LogP) is 2.65. The molecule has 0 spiro atoms. The molecule has 2 amide bonds. The van der Waals surface area contributed by atoms with Crippen LogP contribution < -0.4 is 0 Å². The molecule has 0 aromatic heterocycles. The first-order valence-electron chi connectivity index (χ1n) is 5.29. The van der Waals surface area contributed by atoms with E-state index in [4.69, 9.17) is 0 Å². The van der Waals surface area contributed by atoms with Crippen LogP contribution in [0.2, 0.25) is 0 Å². The summed E-state index contributed by atoms with van der Waals surface area (Å²) < 4.78 is 0.978. The highest BCUT2D eigenvalue weighted by molar-refractivity contribution is 9.10. The molecule has 0 saturated heterocycles. The Kier molecular flexibility index (Phi) is 3.15.